The number of ketones is 1. The minimum Gasteiger partial charge on any atom is -0.413 e. The van der Waals surface area contributed by atoms with Crippen LogP contribution in [0, 0.1) is 22.7 Å². The van der Waals surface area contributed by atoms with Crippen molar-refractivity contribution in [3.05, 3.63) is 47.1 Å². The summed E-state index contributed by atoms with van der Waals surface area (Å²) in [5.74, 6) is 1.67. The van der Waals surface area contributed by atoms with E-state index < -0.39 is 16.6 Å². The molecular formula is C41H70O3Si2. The Kier molecular flexibility index (Phi) is 11.0. The topological polar surface area (TPSA) is 35.5 Å². The van der Waals surface area contributed by atoms with Gasteiger partial charge in [0, 0.05) is 18.3 Å². The summed E-state index contributed by atoms with van der Waals surface area (Å²) < 4.78 is 14.2. The quantitative estimate of drug-likeness (QED) is 0.172. The molecule has 0 unspecified atom stereocenters. The van der Waals surface area contributed by atoms with Crippen LogP contribution in [0.3, 0.4) is 0 Å². The molecule has 4 rings (SSSR count). The lowest BCUT2D eigenvalue weighted by Gasteiger charge is -2.45. The highest BCUT2D eigenvalue weighted by Crippen LogP contribution is 2.59. The highest BCUT2D eigenvalue weighted by atomic mass is 28.4. The van der Waals surface area contributed by atoms with E-state index >= 15 is 0 Å². The average Bonchev–Trinajstić information content (AvgIpc) is 3.65. The summed E-state index contributed by atoms with van der Waals surface area (Å²) in [4.78, 5) is 13.0. The summed E-state index contributed by atoms with van der Waals surface area (Å²) in [6.07, 6.45) is 19.3. The molecule has 4 aliphatic carbocycles. The van der Waals surface area contributed by atoms with Crippen LogP contribution in [-0.2, 0) is 13.6 Å². The van der Waals surface area contributed by atoms with Gasteiger partial charge in [-0.1, -0.05) is 91.3 Å². The maximum atomic E-state index is 13.0. The third-order valence-corrected chi connectivity index (χ3v) is 23.0. The molecule has 260 valence electrons. The lowest BCUT2D eigenvalue weighted by atomic mass is 9.62. The van der Waals surface area contributed by atoms with E-state index in [1.807, 2.05) is 0 Å². The van der Waals surface area contributed by atoms with Gasteiger partial charge in [-0.15, -0.1) is 0 Å². The van der Waals surface area contributed by atoms with E-state index in [1.54, 1.807) is 5.57 Å². The first-order chi connectivity index (χ1) is 21.1. The van der Waals surface area contributed by atoms with Gasteiger partial charge in [0.2, 0.25) is 0 Å². The minimum absolute atomic E-state index is 0.0134. The van der Waals surface area contributed by atoms with Crippen molar-refractivity contribution in [1.82, 2.24) is 0 Å². The zero-order valence-electron chi connectivity index (χ0n) is 32.3. The van der Waals surface area contributed by atoms with Gasteiger partial charge in [0.15, 0.2) is 16.6 Å². The maximum Gasteiger partial charge on any atom is 0.192 e. The van der Waals surface area contributed by atoms with Gasteiger partial charge in [-0.25, -0.2) is 0 Å². The molecule has 0 amide bonds. The highest BCUT2D eigenvalue weighted by Gasteiger charge is 2.50. The van der Waals surface area contributed by atoms with Crippen molar-refractivity contribution in [3.8, 4) is 0 Å². The van der Waals surface area contributed by atoms with Crippen molar-refractivity contribution in [2.45, 2.75) is 181 Å². The van der Waals surface area contributed by atoms with E-state index in [0.717, 1.165) is 32.1 Å². The van der Waals surface area contributed by atoms with E-state index in [9.17, 15) is 4.79 Å². The van der Waals surface area contributed by atoms with Crippen LogP contribution in [0.15, 0.2) is 47.1 Å². The molecule has 5 atom stereocenters. The lowest BCUT2D eigenvalue weighted by Crippen LogP contribution is -2.49. The SMILES string of the molecule is C=C1C(=CC=C2CCC[C@]3(C)[C@@H](C(C)=CCC(=O)C4(CC)CC4)CC[C@@H]23)C[C@@H](O[Si](C)(C)C(C)(C)C)C[C@@H]1O[Si](C)(C)C(C)(C)C. The smallest absolute Gasteiger partial charge is 0.192 e. The Labute approximate surface area is 286 Å². The second kappa shape index (κ2) is 13.4. The molecule has 0 heterocycles. The van der Waals surface area contributed by atoms with E-state index in [1.165, 1.54) is 48.8 Å². The fourth-order valence-corrected chi connectivity index (χ4v) is 11.0. The van der Waals surface area contributed by atoms with Crippen molar-refractivity contribution in [1.29, 1.82) is 0 Å². The summed E-state index contributed by atoms with van der Waals surface area (Å²) in [5.41, 5.74) is 5.87. The molecule has 0 saturated heterocycles. The predicted molar refractivity (Wildman–Crippen MR) is 202 cm³/mol. The number of hydrogen-bond donors (Lipinski definition) is 0. The summed E-state index contributed by atoms with van der Waals surface area (Å²) in [5, 5.41) is 0.316. The summed E-state index contributed by atoms with van der Waals surface area (Å²) in [7, 11) is -3.92. The molecule has 0 aromatic rings. The van der Waals surface area contributed by atoms with Gasteiger partial charge in [-0.3, -0.25) is 4.79 Å². The second-order valence-corrected chi connectivity index (χ2v) is 28.5. The molecule has 3 nitrogen and oxygen atoms in total. The molecule has 0 aromatic carbocycles. The van der Waals surface area contributed by atoms with Crippen LogP contribution >= 0.6 is 0 Å². The third kappa shape index (κ3) is 7.73. The molecule has 0 aliphatic heterocycles. The van der Waals surface area contributed by atoms with E-state index in [4.69, 9.17) is 8.85 Å². The van der Waals surface area contributed by atoms with Crippen LogP contribution in [0.4, 0.5) is 0 Å². The molecule has 46 heavy (non-hydrogen) atoms. The van der Waals surface area contributed by atoms with E-state index in [-0.39, 0.29) is 33.1 Å². The molecule has 0 spiro atoms. The predicted octanol–water partition coefficient (Wildman–Crippen LogP) is 12.3. The number of carbonyl (C=O) groups is 1. The molecular weight excluding hydrogens is 597 g/mol. The van der Waals surface area contributed by atoms with Crippen molar-refractivity contribution in [3.63, 3.8) is 0 Å². The Hall–Kier alpha value is -1.02. The fourth-order valence-electron chi connectivity index (χ4n) is 8.35. The third-order valence-electron chi connectivity index (χ3n) is 14.0. The van der Waals surface area contributed by atoms with Crippen molar-refractivity contribution in [2.24, 2.45) is 22.7 Å². The first-order valence-electron chi connectivity index (χ1n) is 18.7. The Morgan fingerprint density at radius 1 is 0.957 bits per heavy atom. The summed E-state index contributed by atoms with van der Waals surface area (Å²) in [6, 6.07) is 0. The van der Waals surface area contributed by atoms with E-state index in [0.29, 0.717) is 24.0 Å². The number of Topliss-reactive ketones (excluding diaryl/α,β-unsaturated/α-hetero) is 1. The van der Waals surface area contributed by atoms with Crippen LogP contribution in [0.1, 0.15) is 133 Å². The van der Waals surface area contributed by atoms with Crippen molar-refractivity contribution < 1.29 is 13.6 Å². The minimum atomic E-state index is -1.99. The Morgan fingerprint density at radius 3 is 2.13 bits per heavy atom. The monoisotopic (exact) mass is 666 g/mol. The molecule has 0 aromatic heterocycles. The fraction of sp³-hybridized carbons (Fsp3) is 0.780. The summed E-state index contributed by atoms with van der Waals surface area (Å²) in [6.45, 7) is 35.2. The van der Waals surface area contributed by atoms with Crippen LogP contribution in [0.25, 0.3) is 0 Å². The van der Waals surface area contributed by atoms with E-state index in [2.05, 4.69) is 113 Å². The molecule has 0 bridgehead atoms. The second-order valence-electron chi connectivity index (χ2n) is 19.0. The normalized spacial score (nSPS) is 32.6. The molecule has 4 fully saturated rings. The number of hydrogen-bond acceptors (Lipinski definition) is 3. The van der Waals surface area contributed by atoms with Gasteiger partial charge >= 0.3 is 0 Å². The largest absolute Gasteiger partial charge is 0.413 e. The highest BCUT2D eigenvalue weighted by molar-refractivity contribution is 6.74. The molecule has 5 heteroatoms. The van der Waals surface area contributed by atoms with Gasteiger partial charge in [0.1, 0.15) is 5.78 Å². The Balaban J connectivity index is 1.57. The van der Waals surface area contributed by atoms with Crippen LogP contribution in [0.2, 0.25) is 36.3 Å². The Bertz CT molecular complexity index is 1250. The van der Waals surface area contributed by atoms with Crippen LogP contribution in [-0.4, -0.2) is 34.6 Å². The standard InChI is InChI=1S/C41H70O3Si2/c1-15-41(25-26-41)37(42)23-18-29(2)34-21-22-35-31(17-16-24-40(34,35)10)19-20-32-27-33(43-45(11,12)38(4,5)6)28-36(30(32)3)44-46(13,14)39(7,8)9/h18-20,33-36H,3,15-17,21-28H2,1-2,4-14H3/t33-,34-,35+,36+,40-/m1/s1. The maximum absolute atomic E-state index is 13.0. The average molecular weight is 667 g/mol. The van der Waals surface area contributed by atoms with Crippen LogP contribution < -0.4 is 0 Å². The van der Waals surface area contributed by atoms with Gasteiger partial charge in [-0.05, 0) is 129 Å². The molecule has 0 N–H and O–H groups in total. The zero-order valence-corrected chi connectivity index (χ0v) is 34.3. The zero-order chi connectivity index (χ0) is 34.5. The summed E-state index contributed by atoms with van der Waals surface area (Å²) >= 11 is 0. The van der Waals surface area contributed by atoms with Crippen molar-refractivity contribution in [2.75, 3.05) is 0 Å². The number of allylic oxidation sites excluding steroid dienone is 5. The lowest BCUT2D eigenvalue weighted by molar-refractivity contribution is -0.123. The molecule has 0 radical (unpaired) electrons. The first-order valence-corrected chi connectivity index (χ1v) is 24.5. The first kappa shape index (κ1) is 37.8. The van der Waals surface area contributed by atoms with Gasteiger partial charge in [0.25, 0.3) is 0 Å². The van der Waals surface area contributed by atoms with Gasteiger partial charge in [0.05, 0.1) is 12.2 Å². The number of fused-ring (bicyclic) bond motifs is 1. The van der Waals surface area contributed by atoms with Crippen molar-refractivity contribution >= 4 is 22.4 Å². The Morgan fingerprint density at radius 2 is 1.57 bits per heavy atom. The van der Waals surface area contributed by atoms with Gasteiger partial charge in [-0.2, -0.15) is 0 Å². The number of carbonyl (C=O) groups excluding carboxylic acids is 1. The van der Waals surface area contributed by atoms with Gasteiger partial charge < -0.3 is 8.85 Å². The molecule has 4 aliphatic rings. The number of rotatable bonds is 10. The van der Waals surface area contributed by atoms with Crippen LogP contribution in [0.5, 0.6) is 0 Å². The molecule has 4 saturated carbocycles.